The zero-order valence-corrected chi connectivity index (χ0v) is 18.0. The Balaban J connectivity index is 1.42. The highest BCUT2D eigenvalue weighted by Crippen LogP contribution is 2.23. The minimum Gasteiger partial charge on any atom is -0.457 e. The Morgan fingerprint density at radius 3 is 2.18 bits per heavy atom. The van der Waals surface area contributed by atoms with Gasteiger partial charge in [0, 0.05) is 18.1 Å². The van der Waals surface area contributed by atoms with Gasteiger partial charge in [0.05, 0.1) is 5.39 Å². The van der Waals surface area contributed by atoms with Crippen molar-refractivity contribution >= 4 is 28.3 Å². The fourth-order valence-electron chi connectivity index (χ4n) is 3.20. The average Bonchev–Trinajstić information content (AvgIpc) is 2.83. The number of carbonyl (C=O) groups is 2. The van der Waals surface area contributed by atoms with E-state index in [4.69, 9.17) is 9.47 Å². The van der Waals surface area contributed by atoms with E-state index in [-0.39, 0.29) is 11.3 Å². The lowest BCUT2D eigenvalue weighted by molar-refractivity contribution is -0.123. The lowest BCUT2D eigenvalue weighted by Crippen LogP contribution is -2.31. The molecular weight excluding hydrogens is 422 g/mol. The van der Waals surface area contributed by atoms with Gasteiger partial charge in [-0.25, -0.2) is 9.48 Å². The smallest absolute Gasteiger partial charge is 0.360 e. The molecule has 0 saturated carbocycles. The fourth-order valence-corrected chi connectivity index (χ4v) is 3.20. The summed E-state index contributed by atoms with van der Waals surface area (Å²) in [7, 11) is 1.45. The Kier molecular flexibility index (Phi) is 6.17. The molecule has 0 aliphatic heterocycles. The maximum Gasteiger partial charge on any atom is 0.360 e. The van der Waals surface area contributed by atoms with E-state index in [1.807, 2.05) is 30.3 Å². The van der Waals surface area contributed by atoms with Crippen molar-refractivity contribution in [2.24, 2.45) is 7.05 Å². The van der Waals surface area contributed by atoms with Crippen LogP contribution in [0.15, 0.2) is 83.7 Å². The number of para-hydroxylation sites is 1. The molecule has 1 heterocycles. The number of benzene rings is 3. The monoisotopic (exact) mass is 443 g/mol. The summed E-state index contributed by atoms with van der Waals surface area (Å²) in [6, 6.07) is 22.8. The summed E-state index contributed by atoms with van der Waals surface area (Å²) in [5, 5.41) is 7.44. The summed E-state index contributed by atoms with van der Waals surface area (Å²) in [6.07, 6.45) is -1.09. The number of amides is 1. The molecule has 8 nitrogen and oxygen atoms in total. The van der Waals surface area contributed by atoms with Gasteiger partial charge in [-0.2, -0.15) is 5.10 Å². The number of nitrogens with zero attached hydrogens (tertiary/aromatic N) is 2. The molecule has 0 fully saturated rings. The number of anilines is 1. The highest BCUT2D eigenvalue weighted by atomic mass is 16.5. The number of esters is 1. The van der Waals surface area contributed by atoms with Gasteiger partial charge >= 0.3 is 5.97 Å². The number of carbonyl (C=O) groups excluding carboxylic acids is 2. The molecule has 0 bridgehead atoms. The molecule has 0 aliphatic carbocycles. The largest absolute Gasteiger partial charge is 0.457 e. The normalized spacial score (nSPS) is 11.6. The minimum atomic E-state index is -1.09. The quantitative estimate of drug-likeness (QED) is 0.454. The van der Waals surface area contributed by atoms with Crippen LogP contribution < -0.4 is 15.6 Å². The molecule has 1 amide bonds. The predicted molar refractivity (Wildman–Crippen MR) is 123 cm³/mol. The van der Waals surface area contributed by atoms with Gasteiger partial charge in [-0.15, -0.1) is 0 Å². The molecule has 0 radical (unpaired) electrons. The van der Waals surface area contributed by atoms with Gasteiger partial charge in [-0.1, -0.05) is 36.4 Å². The molecule has 1 atom stereocenters. The van der Waals surface area contributed by atoms with Crippen molar-refractivity contribution in [2.75, 3.05) is 5.32 Å². The zero-order chi connectivity index (χ0) is 23.4. The van der Waals surface area contributed by atoms with E-state index in [1.54, 1.807) is 48.5 Å². The lowest BCUT2D eigenvalue weighted by atomic mass is 10.1. The summed E-state index contributed by atoms with van der Waals surface area (Å²) >= 11 is 0. The van der Waals surface area contributed by atoms with Crippen molar-refractivity contribution in [1.82, 2.24) is 9.78 Å². The van der Waals surface area contributed by atoms with Crippen LogP contribution in [-0.4, -0.2) is 27.8 Å². The average molecular weight is 443 g/mol. The summed E-state index contributed by atoms with van der Waals surface area (Å²) in [4.78, 5) is 37.5. The summed E-state index contributed by atoms with van der Waals surface area (Å²) in [5.74, 6) is 0.0194. The van der Waals surface area contributed by atoms with Gasteiger partial charge in [-0.3, -0.25) is 9.59 Å². The number of aryl methyl sites for hydroxylation is 1. The topological polar surface area (TPSA) is 99.5 Å². The molecule has 1 unspecified atom stereocenters. The Bertz CT molecular complexity index is 1360. The van der Waals surface area contributed by atoms with Crippen LogP contribution in [0.25, 0.3) is 10.8 Å². The summed E-state index contributed by atoms with van der Waals surface area (Å²) in [6.45, 7) is 1.46. The minimum absolute atomic E-state index is 0.0326. The van der Waals surface area contributed by atoms with Gasteiger partial charge in [0.1, 0.15) is 11.5 Å². The van der Waals surface area contributed by atoms with Crippen molar-refractivity contribution < 1.29 is 19.1 Å². The first-order valence-electron chi connectivity index (χ1n) is 10.2. The Labute approximate surface area is 189 Å². The molecule has 4 rings (SSSR count). The first-order valence-corrected chi connectivity index (χ1v) is 10.2. The van der Waals surface area contributed by atoms with E-state index in [0.717, 1.165) is 4.68 Å². The number of aromatic nitrogens is 2. The van der Waals surface area contributed by atoms with Crippen LogP contribution in [-0.2, 0) is 16.6 Å². The third-order valence-electron chi connectivity index (χ3n) is 4.90. The van der Waals surface area contributed by atoms with Crippen LogP contribution in [0.4, 0.5) is 5.69 Å². The number of hydrogen-bond donors (Lipinski definition) is 1. The maximum atomic E-state index is 12.7. The second-order valence-corrected chi connectivity index (χ2v) is 7.30. The molecule has 0 aliphatic rings. The van der Waals surface area contributed by atoms with Crippen LogP contribution in [0, 0.1) is 0 Å². The van der Waals surface area contributed by atoms with Crippen molar-refractivity contribution in [1.29, 1.82) is 0 Å². The standard InChI is InChI=1S/C25H21N3O5/c1-16(32-25(31)22-20-10-6-7-11-21(20)24(30)28(2)27-22)23(29)26-17-12-14-19(15-13-17)33-18-8-4-3-5-9-18/h3-16H,1-2H3,(H,26,29). The van der Waals surface area contributed by atoms with E-state index < -0.39 is 18.0 Å². The van der Waals surface area contributed by atoms with E-state index in [0.29, 0.717) is 28.0 Å². The van der Waals surface area contributed by atoms with Crippen molar-refractivity contribution in [3.05, 3.63) is 94.9 Å². The third-order valence-corrected chi connectivity index (χ3v) is 4.90. The third kappa shape index (κ3) is 4.90. The Hall–Kier alpha value is -4.46. The molecule has 4 aromatic rings. The molecule has 1 aromatic heterocycles. The van der Waals surface area contributed by atoms with Crippen LogP contribution in [0.2, 0.25) is 0 Å². The second kappa shape index (κ2) is 9.35. The van der Waals surface area contributed by atoms with Gasteiger partial charge in [0.15, 0.2) is 11.8 Å². The van der Waals surface area contributed by atoms with Crippen molar-refractivity contribution in [2.45, 2.75) is 13.0 Å². The fraction of sp³-hybridized carbons (Fsp3) is 0.120. The Morgan fingerprint density at radius 1 is 0.879 bits per heavy atom. The summed E-state index contributed by atoms with van der Waals surface area (Å²) < 4.78 is 12.1. The molecular formula is C25H21N3O5. The predicted octanol–water partition coefficient (Wildman–Crippen LogP) is 3.91. The highest BCUT2D eigenvalue weighted by molar-refractivity contribution is 6.03. The molecule has 8 heteroatoms. The highest BCUT2D eigenvalue weighted by Gasteiger charge is 2.23. The molecule has 1 N–H and O–H groups in total. The van der Waals surface area contributed by atoms with Gasteiger partial charge in [0.2, 0.25) is 0 Å². The van der Waals surface area contributed by atoms with E-state index >= 15 is 0 Å². The number of hydrogen-bond acceptors (Lipinski definition) is 6. The molecule has 3 aromatic carbocycles. The van der Waals surface area contributed by atoms with Crippen LogP contribution >= 0.6 is 0 Å². The maximum absolute atomic E-state index is 12.7. The molecule has 166 valence electrons. The Morgan fingerprint density at radius 2 is 1.48 bits per heavy atom. The van der Waals surface area contributed by atoms with Gasteiger partial charge in [-0.05, 0) is 49.4 Å². The van der Waals surface area contributed by atoms with Gasteiger partial charge in [0.25, 0.3) is 11.5 Å². The van der Waals surface area contributed by atoms with Crippen LogP contribution in [0.5, 0.6) is 11.5 Å². The van der Waals surface area contributed by atoms with Crippen molar-refractivity contribution in [3.8, 4) is 11.5 Å². The van der Waals surface area contributed by atoms with Crippen LogP contribution in [0.1, 0.15) is 17.4 Å². The second-order valence-electron chi connectivity index (χ2n) is 7.30. The first kappa shape index (κ1) is 21.8. The lowest BCUT2D eigenvalue weighted by Gasteiger charge is -2.14. The number of fused-ring (bicyclic) bond motifs is 1. The van der Waals surface area contributed by atoms with Crippen molar-refractivity contribution in [3.63, 3.8) is 0 Å². The first-order chi connectivity index (χ1) is 15.9. The molecule has 33 heavy (non-hydrogen) atoms. The number of rotatable bonds is 6. The number of nitrogens with one attached hydrogen (secondary N) is 1. The summed E-state index contributed by atoms with van der Waals surface area (Å²) in [5.41, 5.74) is 0.163. The SMILES string of the molecule is CC(OC(=O)c1nn(C)c(=O)c2ccccc12)C(=O)Nc1ccc(Oc2ccccc2)cc1. The van der Waals surface area contributed by atoms with E-state index in [2.05, 4.69) is 10.4 Å². The van der Waals surface area contributed by atoms with Gasteiger partial charge < -0.3 is 14.8 Å². The molecule has 0 spiro atoms. The molecule has 0 saturated heterocycles. The zero-order valence-electron chi connectivity index (χ0n) is 18.0. The van der Waals surface area contributed by atoms with E-state index in [9.17, 15) is 14.4 Å². The van der Waals surface area contributed by atoms with E-state index in [1.165, 1.54) is 14.0 Å². The van der Waals surface area contributed by atoms with Crippen LogP contribution in [0.3, 0.4) is 0 Å². The number of ether oxygens (including phenoxy) is 2.